The molecule has 0 aromatic heterocycles. The maximum atomic E-state index is 12.3. The largest absolute Gasteiger partial charge is 0.482 e. The smallest absolute Gasteiger partial charge is 0.408 e. The second kappa shape index (κ2) is 10.1. The van der Waals surface area contributed by atoms with Crippen LogP contribution in [0, 0.1) is 5.41 Å². The average molecular weight is 408 g/mol. The molecular formula is C21H32N2O6. The molecule has 0 saturated heterocycles. The number of ether oxygens (including phenoxy) is 2. The van der Waals surface area contributed by atoms with E-state index in [9.17, 15) is 14.4 Å². The zero-order chi connectivity index (χ0) is 22.2. The van der Waals surface area contributed by atoms with Gasteiger partial charge < -0.3 is 25.2 Å². The Hall–Kier alpha value is -2.77. The van der Waals surface area contributed by atoms with Gasteiger partial charge in [0.2, 0.25) is 5.91 Å². The highest BCUT2D eigenvalue weighted by atomic mass is 16.6. The molecule has 0 heterocycles. The van der Waals surface area contributed by atoms with Gasteiger partial charge in [-0.15, -0.1) is 0 Å². The van der Waals surface area contributed by atoms with Crippen LogP contribution in [0.5, 0.6) is 5.75 Å². The summed E-state index contributed by atoms with van der Waals surface area (Å²) in [4.78, 5) is 34.6. The number of hydrogen-bond donors (Lipinski definition) is 3. The number of carbonyl (C=O) groups is 3. The number of nitrogens with one attached hydrogen (secondary N) is 2. The van der Waals surface area contributed by atoms with Crippen LogP contribution < -0.4 is 15.4 Å². The van der Waals surface area contributed by atoms with Crippen LogP contribution >= 0.6 is 0 Å². The third kappa shape index (κ3) is 10.4. The Morgan fingerprint density at radius 1 is 1.03 bits per heavy atom. The molecule has 0 fully saturated rings. The van der Waals surface area contributed by atoms with E-state index >= 15 is 0 Å². The first-order chi connectivity index (χ1) is 13.3. The van der Waals surface area contributed by atoms with Crippen molar-refractivity contribution in [3.8, 4) is 5.75 Å². The predicted octanol–water partition coefficient (Wildman–Crippen LogP) is 2.75. The summed E-state index contributed by atoms with van der Waals surface area (Å²) in [7, 11) is 0. The number of aliphatic carboxylic acids is 1. The second-order valence-corrected chi connectivity index (χ2v) is 8.87. The molecule has 0 saturated carbocycles. The highest BCUT2D eigenvalue weighted by Crippen LogP contribution is 2.23. The van der Waals surface area contributed by atoms with Crippen molar-refractivity contribution < 1.29 is 29.0 Å². The van der Waals surface area contributed by atoms with Gasteiger partial charge in [-0.25, -0.2) is 9.59 Å². The van der Waals surface area contributed by atoms with Crippen LogP contribution in [-0.4, -0.2) is 47.9 Å². The minimum Gasteiger partial charge on any atom is -0.482 e. The van der Waals surface area contributed by atoms with E-state index in [2.05, 4.69) is 10.6 Å². The summed E-state index contributed by atoms with van der Waals surface area (Å²) >= 11 is 0. The van der Waals surface area contributed by atoms with Crippen molar-refractivity contribution in [3.63, 3.8) is 0 Å². The lowest BCUT2D eigenvalue weighted by Gasteiger charge is -2.32. The second-order valence-electron chi connectivity index (χ2n) is 8.87. The van der Waals surface area contributed by atoms with Crippen LogP contribution in [0.25, 0.3) is 0 Å². The Kier molecular flexibility index (Phi) is 8.48. The number of amides is 2. The third-order valence-electron chi connectivity index (χ3n) is 3.90. The maximum Gasteiger partial charge on any atom is 0.408 e. The molecule has 8 nitrogen and oxygen atoms in total. The fourth-order valence-corrected chi connectivity index (χ4v) is 2.39. The molecule has 162 valence electrons. The molecule has 0 aliphatic carbocycles. The molecule has 0 unspecified atom stereocenters. The summed E-state index contributed by atoms with van der Waals surface area (Å²) in [5.41, 5.74) is 0.113. The molecule has 0 spiro atoms. The van der Waals surface area contributed by atoms with E-state index in [1.165, 1.54) is 0 Å². The van der Waals surface area contributed by atoms with Gasteiger partial charge in [-0.2, -0.15) is 0 Å². The summed E-state index contributed by atoms with van der Waals surface area (Å²) < 4.78 is 10.2. The first-order valence-corrected chi connectivity index (χ1v) is 9.46. The Balaban J connectivity index is 2.65. The molecule has 3 N–H and O–H groups in total. The molecule has 1 atom stereocenters. The van der Waals surface area contributed by atoms with E-state index in [0.29, 0.717) is 12.2 Å². The molecule has 0 aliphatic heterocycles. The highest BCUT2D eigenvalue weighted by molar-refractivity contribution is 5.82. The van der Waals surface area contributed by atoms with Gasteiger partial charge in [-0.1, -0.05) is 32.9 Å². The van der Waals surface area contributed by atoms with Crippen LogP contribution in [-0.2, 0) is 20.7 Å². The van der Waals surface area contributed by atoms with Crippen LogP contribution in [0.3, 0.4) is 0 Å². The SMILES string of the molecule is CC(C)(C)OC(=O)NCC(=O)N[C@@H](Cc1ccc(OCC(=O)O)cc1)C(C)(C)C. The zero-order valence-electron chi connectivity index (χ0n) is 18.0. The van der Waals surface area contributed by atoms with Crippen molar-refractivity contribution in [1.82, 2.24) is 10.6 Å². The molecule has 1 aromatic rings. The van der Waals surface area contributed by atoms with Crippen molar-refractivity contribution in [2.45, 2.75) is 59.6 Å². The Bertz CT molecular complexity index is 701. The monoisotopic (exact) mass is 408 g/mol. The fourth-order valence-electron chi connectivity index (χ4n) is 2.39. The van der Waals surface area contributed by atoms with Gasteiger partial charge in [0.15, 0.2) is 6.61 Å². The molecule has 29 heavy (non-hydrogen) atoms. The summed E-state index contributed by atoms with van der Waals surface area (Å²) in [6, 6.07) is 6.89. The van der Waals surface area contributed by atoms with Crippen LogP contribution in [0.2, 0.25) is 0 Å². The van der Waals surface area contributed by atoms with Crippen molar-refractivity contribution in [2.75, 3.05) is 13.2 Å². The summed E-state index contributed by atoms with van der Waals surface area (Å²) in [6.45, 7) is 10.7. The van der Waals surface area contributed by atoms with E-state index in [1.807, 2.05) is 32.9 Å². The van der Waals surface area contributed by atoms with Gasteiger partial charge in [0.1, 0.15) is 17.9 Å². The van der Waals surface area contributed by atoms with Crippen LogP contribution in [0.1, 0.15) is 47.1 Å². The predicted molar refractivity (Wildman–Crippen MR) is 109 cm³/mol. The number of hydrogen-bond acceptors (Lipinski definition) is 5. The molecule has 1 aromatic carbocycles. The molecule has 0 bridgehead atoms. The van der Waals surface area contributed by atoms with Gasteiger partial charge in [0, 0.05) is 6.04 Å². The third-order valence-corrected chi connectivity index (χ3v) is 3.90. The fraction of sp³-hybridized carbons (Fsp3) is 0.571. The van der Waals surface area contributed by atoms with Gasteiger partial charge in [0.05, 0.1) is 0 Å². The first kappa shape index (κ1) is 24.3. The Morgan fingerprint density at radius 3 is 2.10 bits per heavy atom. The highest BCUT2D eigenvalue weighted by Gasteiger charge is 2.27. The van der Waals surface area contributed by atoms with Crippen LogP contribution in [0.4, 0.5) is 4.79 Å². The summed E-state index contributed by atoms with van der Waals surface area (Å²) in [5, 5.41) is 14.1. The lowest BCUT2D eigenvalue weighted by molar-refractivity contribution is -0.139. The van der Waals surface area contributed by atoms with E-state index in [4.69, 9.17) is 14.6 Å². The number of rotatable bonds is 8. The number of carboxylic acids is 1. The molecule has 0 radical (unpaired) electrons. The zero-order valence-corrected chi connectivity index (χ0v) is 18.0. The Labute approximate surface area is 172 Å². The molecule has 8 heteroatoms. The Morgan fingerprint density at radius 2 is 1.62 bits per heavy atom. The van der Waals surface area contributed by atoms with Crippen LogP contribution in [0.15, 0.2) is 24.3 Å². The molecular weight excluding hydrogens is 376 g/mol. The van der Waals surface area contributed by atoms with Crippen molar-refractivity contribution in [1.29, 1.82) is 0 Å². The first-order valence-electron chi connectivity index (χ1n) is 9.46. The number of carboxylic acid groups (broad SMARTS) is 1. The van der Waals surface area contributed by atoms with Gasteiger partial charge >= 0.3 is 12.1 Å². The molecule has 0 aliphatic rings. The van der Waals surface area contributed by atoms with E-state index in [-0.39, 0.29) is 23.9 Å². The van der Waals surface area contributed by atoms with Crippen molar-refractivity contribution >= 4 is 18.0 Å². The van der Waals surface area contributed by atoms with E-state index in [0.717, 1.165) is 5.56 Å². The lowest BCUT2D eigenvalue weighted by atomic mass is 9.83. The number of alkyl carbamates (subject to hydrolysis) is 1. The topological polar surface area (TPSA) is 114 Å². The molecule has 1 rings (SSSR count). The van der Waals surface area contributed by atoms with Crippen molar-refractivity contribution in [3.05, 3.63) is 29.8 Å². The normalized spacial score (nSPS) is 12.6. The number of benzene rings is 1. The summed E-state index contributed by atoms with van der Waals surface area (Å²) in [6.07, 6.45) is -0.0714. The summed E-state index contributed by atoms with van der Waals surface area (Å²) in [5.74, 6) is -0.879. The molecule has 2 amide bonds. The van der Waals surface area contributed by atoms with Gasteiger partial charge in [-0.3, -0.25) is 4.79 Å². The number of carbonyl (C=O) groups excluding carboxylic acids is 2. The van der Waals surface area contributed by atoms with Crippen molar-refractivity contribution in [2.24, 2.45) is 5.41 Å². The maximum absolute atomic E-state index is 12.3. The quantitative estimate of drug-likeness (QED) is 0.609. The van der Waals surface area contributed by atoms with E-state index in [1.54, 1.807) is 32.9 Å². The standard InChI is InChI=1S/C21H32N2O6/c1-20(2,3)16(23-17(24)12-22-19(27)29-21(4,5)6)11-14-7-9-15(10-8-14)28-13-18(25)26/h7-10,16H,11-13H2,1-6H3,(H,22,27)(H,23,24)(H,25,26)/t16-/m0/s1. The minimum absolute atomic E-state index is 0.177. The van der Waals surface area contributed by atoms with Gasteiger partial charge in [-0.05, 0) is 50.3 Å². The van der Waals surface area contributed by atoms with Gasteiger partial charge in [0.25, 0.3) is 0 Å². The van der Waals surface area contributed by atoms with E-state index < -0.39 is 24.3 Å². The average Bonchev–Trinajstić information content (AvgIpc) is 2.56. The minimum atomic E-state index is -1.04. The lowest BCUT2D eigenvalue weighted by Crippen LogP contribution is -2.49.